The van der Waals surface area contributed by atoms with E-state index in [1.54, 1.807) is 13.8 Å². The molecule has 30 heavy (non-hydrogen) atoms. The Balaban J connectivity index is 1.63. The Labute approximate surface area is 173 Å². The van der Waals surface area contributed by atoms with E-state index in [1.165, 1.54) is 7.11 Å². The van der Waals surface area contributed by atoms with Crippen molar-refractivity contribution in [2.75, 3.05) is 13.7 Å². The minimum atomic E-state index is -1.12. The topological polar surface area (TPSA) is 109 Å². The first-order valence-corrected chi connectivity index (χ1v) is 9.83. The lowest BCUT2D eigenvalue weighted by Gasteiger charge is -2.33. The lowest BCUT2D eigenvalue weighted by Crippen LogP contribution is -2.46. The molecule has 2 aliphatic rings. The van der Waals surface area contributed by atoms with E-state index >= 15 is 0 Å². The van der Waals surface area contributed by atoms with E-state index in [2.05, 4.69) is 10.3 Å². The van der Waals surface area contributed by atoms with Crippen molar-refractivity contribution in [1.82, 2.24) is 15.2 Å². The molecule has 2 heterocycles. The van der Waals surface area contributed by atoms with Gasteiger partial charge in [0.15, 0.2) is 5.78 Å². The van der Waals surface area contributed by atoms with Crippen molar-refractivity contribution in [2.45, 2.75) is 38.6 Å². The van der Waals surface area contributed by atoms with Crippen molar-refractivity contribution >= 4 is 23.7 Å². The molecule has 0 radical (unpaired) electrons. The van der Waals surface area contributed by atoms with Gasteiger partial charge in [-0.05, 0) is 49.8 Å². The van der Waals surface area contributed by atoms with Gasteiger partial charge in [0, 0.05) is 5.69 Å². The highest BCUT2D eigenvalue weighted by Crippen LogP contribution is 2.40. The molecule has 1 saturated heterocycles. The fourth-order valence-electron chi connectivity index (χ4n) is 4.61. The van der Waals surface area contributed by atoms with E-state index in [9.17, 15) is 19.2 Å². The summed E-state index contributed by atoms with van der Waals surface area (Å²) in [7, 11) is 1.27. The molecule has 0 bridgehead atoms. The number of rotatable bonds is 4. The van der Waals surface area contributed by atoms with Gasteiger partial charge < -0.3 is 15.0 Å². The number of benzene rings is 1. The van der Waals surface area contributed by atoms with Crippen molar-refractivity contribution in [2.24, 2.45) is 0 Å². The van der Waals surface area contributed by atoms with Crippen molar-refractivity contribution in [3.63, 3.8) is 0 Å². The molecular formula is C22H23N3O5. The zero-order chi connectivity index (χ0) is 21.6. The smallest absolute Gasteiger partial charge is 0.339 e. The maximum atomic E-state index is 13.3. The Bertz CT molecular complexity index is 1090. The van der Waals surface area contributed by atoms with Crippen LogP contribution in [0.15, 0.2) is 24.3 Å². The Morgan fingerprint density at radius 1 is 1.20 bits per heavy atom. The van der Waals surface area contributed by atoms with Gasteiger partial charge in [0.25, 0.3) is 5.91 Å². The number of ketones is 1. The predicted octanol–water partition coefficient (Wildman–Crippen LogP) is 2.38. The number of esters is 1. The number of hydrogen-bond acceptors (Lipinski definition) is 5. The highest BCUT2D eigenvalue weighted by Gasteiger charge is 2.54. The summed E-state index contributed by atoms with van der Waals surface area (Å²) in [5.41, 5.74) is 2.12. The maximum absolute atomic E-state index is 13.3. The van der Waals surface area contributed by atoms with Gasteiger partial charge >= 0.3 is 12.0 Å². The van der Waals surface area contributed by atoms with Crippen molar-refractivity contribution in [3.8, 4) is 0 Å². The summed E-state index contributed by atoms with van der Waals surface area (Å²) in [5.74, 6) is -1.41. The molecule has 1 atom stereocenters. The van der Waals surface area contributed by atoms with Crippen molar-refractivity contribution < 1.29 is 23.9 Å². The molecule has 0 saturated carbocycles. The van der Waals surface area contributed by atoms with Gasteiger partial charge in [0.1, 0.15) is 5.54 Å². The first kappa shape index (κ1) is 19.9. The van der Waals surface area contributed by atoms with E-state index in [-0.39, 0.29) is 11.3 Å². The molecule has 8 nitrogen and oxygen atoms in total. The third-order valence-electron chi connectivity index (χ3n) is 6.06. The number of carbonyl (C=O) groups excluding carboxylic acids is 4. The molecule has 1 aromatic heterocycles. The van der Waals surface area contributed by atoms with Crippen LogP contribution in [0.5, 0.6) is 0 Å². The molecular weight excluding hydrogens is 386 g/mol. The number of H-pyrrole nitrogens is 1. The number of aromatic nitrogens is 1. The fraction of sp³-hybridized carbons (Fsp3) is 0.364. The number of aromatic amines is 1. The molecule has 156 valence electrons. The SMILES string of the molecule is COC(=O)c1c(C)[nH]c(C(=O)CN2C(=O)N[C@@]3(CCCc4ccccc43)C2=O)c1C. The predicted molar refractivity (Wildman–Crippen MR) is 107 cm³/mol. The van der Waals surface area contributed by atoms with Crippen molar-refractivity contribution in [1.29, 1.82) is 0 Å². The van der Waals surface area contributed by atoms with Crippen LogP contribution in [0.4, 0.5) is 4.79 Å². The Morgan fingerprint density at radius 3 is 2.67 bits per heavy atom. The van der Waals surface area contributed by atoms with Crippen LogP contribution in [0.3, 0.4) is 0 Å². The van der Waals surface area contributed by atoms with Gasteiger partial charge in [-0.25, -0.2) is 9.59 Å². The summed E-state index contributed by atoms with van der Waals surface area (Å²) >= 11 is 0. The molecule has 2 N–H and O–H groups in total. The van der Waals surface area contributed by atoms with E-state index in [4.69, 9.17) is 4.74 Å². The lowest BCUT2D eigenvalue weighted by molar-refractivity contribution is -0.131. The summed E-state index contributed by atoms with van der Waals surface area (Å²) in [5, 5.41) is 2.84. The van der Waals surface area contributed by atoms with Crippen molar-refractivity contribution in [3.05, 3.63) is 57.9 Å². The van der Waals surface area contributed by atoms with Crippen LogP contribution in [0.25, 0.3) is 0 Å². The summed E-state index contributed by atoms with van der Waals surface area (Å²) in [6, 6.07) is 7.00. The van der Waals surface area contributed by atoms with Crippen LogP contribution in [0, 0.1) is 13.8 Å². The van der Waals surface area contributed by atoms with Gasteiger partial charge in [0.05, 0.1) is 24.9 Å². The molecule has 3 amide bonds. The summed E-state index contributed by atoms with van der Waals surface area (Å²) in [4.78, 5) is 54.8. The minimum Gasteiger partial charge on any atom is -0.465 e. The maximum Gasteiger partial charge on any atom is 0.339 e. The van der Waals surface area contributed by atoms with E-state index in [1.807, 2.05) is 24.3 Å². The number of nitrogens with one attached hydrogen (secondary N) is 2. The van der Waals surface area contributed by atoms with Crippen LogP contribution in [0.1, 0.15) is 56.1 Å². The zero-order valence-corrected chi connectivity index (χ0v) is 17.1. The molecule has 1 spiro atoms. The van der Waals surface area contributed by atoms with Gasteiger partial charge in [-0.2, -0.15) is 0 Å². The number of nitrogens with zero attached hydrogens (tertiary/aromatic N) is 1. The monoisotopic (exact) mass is 409 g/mol. The number of carbonyl (C=O) groups is 4. The van der Waals surface area contributed by atoms with E-state index < -0.39 is 35.8 Å². The number of aryl methyl sites for hydroxylation is 2. The number of ether oxygens (including phenoxy) is 1. The third-order valence-corrected chi connectivity index (χ3v) is 6.06. The van der Waals surface area contributed by atoms with E-state index in [0.717, 1.165) is 28.9 Å². The van der Waals surface area contributed by atoms with Gasteiger partial charge in [-0.15, -0.1) is 0 Å². The van der Waals surface area contributed by atoms with Crippen LogP contribution >= 0.6 is 0 Å². The number of imide groups is 1. The highest BCUT2D eigenvalue weighted by molar-refractivity contribution is 6.12. The standard InChI is InChI=1S/C22H23N3O5/c1-12-17(19(27)30-3)13(2)23-18(12)16(26)11-25-20(28)22(24-21(25)29)10-6-8-14-7-4-5-9-15(14)22/h4-5,7,9,23H,6,8,10-11H2,1-3H3,(H,24,29)/t22-/m1/s1. The first-order chi connectivity index (χ1) is 14.3. The summed E-state index contributed by atoms with van der Waals surface area (Å²) < 4.78 is 4.77. The quantitative estimate of drug-likeness (QED) is 0.458. The number of methoxy groups -OCH3 is 1. The normalized spacial score (nSPS) is 20.3. The van der Waals surface area contributed by atoms with E-state index in [0.29, 0.717) is 17.7 Å². The van der Waals surface area contributed by atoms with Gasteiger partial charge in [0.2, 0.25) is 0 Å². The van der Waals surface area contributed by atoms with Crippen LogP contribution < -0.4 is 5.32 Å². The molecule has 1 aliphatic heterocycles. The molecule has 8 heteroatoms. The fourth-order valence-corrected chi connectivity index (χ4v) is 4.61. The summed E-state index contributed by atoms with van der Waals surface area (Å²) in [6.07, 6.45) is 2.10. The Hall–Kier alpha value is -3.42. The second-order valence-electron chi connectivity index (χ2n) is 7.78. The first-order valence-electron chi connectivity index (χ1n) is 9.83. The minimum absolute atomic E-state index is 0.193. The van der Waals surface area contributed by atoms with Crippen LogP contribution in [-0.4, -0.2) is 47.2 Å². The average molecular weight is 409 g/mol. The third kappa shape index (κ3) is 2.82. The Morgan fingerprint density at radius 2 is 1.93 bits per heavy atom. The second kappa shape index (κ2) is 7.12. The van der Waals surface area contributed by atoms with Crippen LogP contribution in [-0.2, 0) is 21.5 Å². The molecule has 0 unspecified atom stereocenters. The molecule has 1 aromatic carbocycles. The van der Waals surface area contributed by atoms with Crippen LogP contribution in [0.2, 0.25) is 0 Å². The number of hydrogen-bond donors (Lipinski definition) is 2. The number of fused-ring (bicyclic) bond motifs is 2. The lowest BCUT2D eigenvalue weighted by atomic mass is 9.76. The number of amides is 3. The number of urea groups is 1. The summed E-state index contributed by atoms with van der Waals surface area (Å²) in [6.45, 7) is 2.89. The largest absolute Gasteiger partial charge is 0.465 e. The number of Topliss-reactive ketones (excluding diaryl/α,β-unsaturated/α-hetero) is 1. The zero-order valence-electron chi connectivity index (χ0n) is 17.1. The molecule has 4 rings (SSSR count). The highest BCUT2D eigenvalue weighted by atomic mass is 16.5. The molecule has 2 aromatic rings. The molecule has 1 aliphatic carbocycles. The average Bonchev–Trinajstić information content (AvgIpc) is 3.16. The second-order valence-corrected chi connectivity index (χ2v) is 7.78. The molecule has 1 fully saturated rings. The van der Waals surface area contributed by atoms with Gasteiger partial charge in [-0.3, -0.25) is 14.5 Å². The van der Waals surface area contributed by atoms with Gasteiger partial charge in [-0.1, -0.05) is 24.3 Å². The Kier molecular flexibility index (Phi) is 4.72.